The third-order valence-corrected chi connectivity index (χ3v) is 41.5. The molecule has 2 aliphatic carbocycles. The second kappa shape index (κ2) is 14.7. The molecule has 0 aliphatic heterocycles. The summed E-state index contributed by atoms with van der Waals surface area (Å²) < 4.78 is 1.32. The Morgan fingerprint density at radius 2 is 1.00 bits per heavy atom. The molecule has 2 atom stereocenters. The summed E-state index contributed by atoms with van der Waals surface area (Å²) in [6.45, 7) is 26.5. The molecule has 0 amide bonds. The van der Waals surface area contributed by atoms with E-state index in [9.17, 15) is 0 Å². The van der Waals surface area contributed by atoms with Gasteiger partial charge >= 0.3 is 290 Å². The summed E-state index contributed by atoms with van der Waals surface area (Å²) in [5, 5.41) is 0. The normalized spacial score (nSPS) is 16.9. The van der Waals surface area contributed by atoms with Gasteiger partial charge in [-0.05, 0) is 0 Å². The maximum Gasteiger partial charge on any atom is -0.147 e. The molecule has 0 aromatic heterocycles. The SMILES string of the molecule is CC1=Cc2c(-c3ccc(C(C)(C)C)cc3)cccc2[CH]1[Hf]([CH]1C(C(C)C)=Cc2c(-c3ccc(C(C)(C)C)cc3)cccc21)[SiH](C)C.Cl.Cl. The maximum absolute atomic E-state index is 2.69. The average Bonchev–Trinajstić information content (AvgIpc) is 3.54. The maximum atomic E-state index is 2.69. The molecule has 0 saturated carbocycles. The van der Waals surface area contributed by atoms with Gasteiger partial charge in [-0.25, -0.2) is 0 Å². The van der Waals surface area contributed by atoms with Crippen LogP contribution in [-0.4, -0.2) is 5.98 Å². The van der Waals surface area contributed by atoms with Gasteiger partial charge in [0.2, 0.25) is 0 Å². The van der Waals surface area contributed by atoms with Gasteiger partial charge in [-0.3, -0.25) is 0 Å². The van der Waals surface area contributed by atoms with Crippen LogP contribution < -0.4 is 0 Å². The summed E-state index contributed by atoms with van der Waals surface area (Å²) in [6, 6.07) is 33.2. The van der Waals surface area contributed by atoms with Crippen molar-refractivity contribution >= 4 is 42.9 Å². The molecule has 253 valence electrons. The van der Waals surface area contributed by atoms with E-state index in [4.69, 9.17) is 0 Å². The topological polar surface area (TPSA) is 0 Å². The summed E-state index contributed by atoms with van der Waals surface area (Å²) in [7, 11) is 0. The van der Waals surface area contributed by atoms with Crippen LogP contribution in [0.1, 0.15) is 103 Å². The molecule has 2 aliphatic rings. The smallest absolute Gasteiger partial charge is 0.147 e. The summed E-state index contributed by atoms with van der Waals surface area (Å²) in [6.07, 6.45) is 5.22. The fraction of sp³-hybridized carbons (Fsp3) is 0.364. The molecule has 0 bridgehead atoms. The van der Waals surface area contributed by atoms with Gasteiger partial charge < -0.3 is 0 Å². The number of halogens is 2. The van der Waals surface area contributed by atoms with Crippen LogP contribution in [0.25, 0.3) is 34.4 Å². The zero-order valence-electron chi connectivity index (χ0n) is 30.9. The van der Waals surface area contributed by atoms with Crippen molar-refractivity contribution in [1.82, 2.24) is 0 Å². The van der Waals surface area contributed by atoms with Crippen LogP contribution in [0.4, 0.5) is 0 Å². The van der Waals surface area contributed by atoms with Gasteiger partial charge in [-0.15, -0.1) is 24.8 Å². The number of fused-ring (bicyclic) bond motifs is 2. The fourth-order valence-corrected chi connectivity index (χ4v) is 41.0. The first kappa shape index (κ1) is 38.8. The summed E-state index contributed by atoms with van der Waals surface area (Å²) in [5.74, 6) is -0.373. The number of rotatable bonds is 6. The van der Waals surface area contributed by atoms with Crippen LogP contribution in [0.3, 0.4) is 0 Å². The molecule has 0 spiro atoms. The molecule has 0 heterocycles. The molecule has 4 aromatic carbocycles. The van der Waals surface area contributed by atoms with Crippen LogP contribution in [0.5, 0.6) is 0 Å². The van der Waals surface area contributed by atoms with Crippen LogP contribution in [0.15, 0.2) is 96.1 Å². The molecule has 2 unspecified atom stereocenters. The van der Waals surface area contributed by atoms with Crippen LogP contribution >= 0.6 is 24.8 Å². The van der Waals surface area contributed by atoms with E-state index in [1.54, 1.807) is 22.3 Å². The van der Waals surface area contributed by atoms with Crippen LogP contribution in [0.2, 0.25) is 13.1 Å². The van der Waals surface area contributed by atoms with E-state index >= 15 is 0 Å². The summed E-state index contributed by atoms with van der Waals surface area (Å²) >= 11 is -2.39. The molecule has 0 radical (unpaired) electrons. The Morgan fingerprint density at radius 1 is 0.583 bits per heavy atom. The zero-order chi connectivity index (χ0) is 33.1. The van der Waals surface area contributed by atoms with Crippen molar-refractivity contribution in [3.63, 3.8) is 0 Å². The molecule has 6 rings (SSSR count). The van der Waals surface area contributed by atoms with Crippen molar-refractivity contribution in [2.45, 2.75) is 93.6 Å². The molecule has 0 fully saturated rings. The molecule has 0 saturated heterocycles. The van der Waals surface area contributed by atoms with Crippen molar-refractivity contribution in [3.8, 4) is 22.3 Å². The van der Waals surface area contributed by atoms with Gasteiger partial charge in [0, 0.05) is 0 Å². The fourth-order valence-electron chi connectivity index (χ4n) is 7.93. The van der Waals surface area contributed by atoms with E-state index in [2.05, 4.69) is 172 Å². The average molecular weight is 861 g/mol. The van der Waals surface area contributed by atoms with Gasteiger partial charge in [0.15, 0.2) is 0 Å². The van der Waals surface area contributed by atoms with Gasteiger partial charge in [0.25, 0.3) is 0 Å². The summed E-state index contributed by atoms with van der Waals surface area (Å²) in [4.78, 5) is 0. The number of hydrogen-bond donors (Lipinski definition) is 0. The minimum Gasteiger partial charge on any atom is -0.147 e. The Hall–Kier alpha value is -1.97. The predicted octanol–water partition coefficient (Wildman–Crippen LogP) is 13.3. The predicted molar refractivity (Wildman–Crippen MR) is 216 cm³/mol. The van der Waals surface area contributed by atoms with E-state index in [0.717, 1.165) is 0 Å². The summed E-state index contributed by atoms with van der Waals surface area (Å²) in [5.41, 5.74) is 18.2. The van der Waals surface area contributed by atoms with Crippen molar-refractivity contribution in [1.29, 1.82) is 0 Å². The first-order valence-corrected chi connectivity index (χ1v) is 30.7. The first-order chi connectivity index (χ1) is 21.7. The standard InChI is InChI=1S/C22H25.C20H21.C2H7Si.2ClH.Hf/c1-15(2)18-13-17-7-6-8-20(21(17)14-18)16-9-11-19(12-10-16)22(3,4)5;1-14-12-16-6-5-7-18(19(16)13-14)15-8-10-17(11-9-15)20(2,3)4;1-3-2;;;/h6-15H,1-5H3;5-13H,1-4H3;3H,1-2H3;2*1H;. The van der Waals surface area contributed by atoms with E-state index in [1.165, 1.54) is 44.5 Å². The van der Waals surface area contributed by atoms with Crippen molar-refractivity contribution in [3.05, 3.63) is 129 Å². The van der Waals surface area contributed by atoms with Gasteiger partial charge in [-0.1, -0.05) is 0 Å². The van der Waals surface area contributed by atoms with E-state index in [1.807, 2.05) is 0 Å². The molecule has 0 N–H and O–H groups in total. The van der Waals surface area contributed by atoms with Crippen LogP contribution in [-0.2, 0) is 31.4 Å². The number of benzene rings is 4. The molecule has 48 heavy (non-hydrogen) atoms. The van der Waals surface area contributed by atoms with E-state index in [0.29, 0.717) is 13.3 Å². The van der Waals surface area contributed by atoms with Crippen molar-refractivity contribution < 1.29 is 20.6 Å². The van der Waals surface area contributed by atoms with Gasteiger partial charge in [0.1, 0.15) is 0 Å². The molecule has 4 aromatic rings. The second-order valence-corrected chi connectivity index (χ2v) is 44.4. The first-order valence-electron chi connectivity index (χ1n) is 17.4. The zero-order valence-corrected chi connectivity index (χ0v) is 37.2. The Bertz CT molecular complexity index is 1820. The second-order valence-electron chi connectivity index (χ2n) is 16.5. The Labute approximate surface area is 312 Å². The molecular formula is C44H55Cl2HfSi. The largest absolute Gasteiger partial charge is 0.147 e. The Kier molecular flexibility index (Phi) is 11.9. The van der Waals surface area contributed by atoms with Crippen molar-refractivity contribution in [2.24, 2.45) is 5.92 Å². The third kappa shape index (κ3) is 7.25. The quantitative estimate of drug-likeness (QED) is 0.169. The van der Waals surface area contributed by atoms with Crippen LogP contribution in [0, 0.1) is 5.92 Å². The molecular weight excluding hydrogens is 806 g/mol. The third-order valence-electron chi connectivity index (χ3n) is 10.5. The monoisotopic (exact) mass is 861 g/mol. The van der Waals surface area contributed by atoms with Gasteiger partial charge in [0.05, 0.1) is 0 Å². The minimum absolute atomic E-state index is 0. The molecule has 0 nitrogen and oxygen atoms in total. The number of hydrogen-bond acceptors (Lipinski definition) is 0. The minimum atomic E-state index is -2.39. The number of allylic oxidation sites excluding steroid dienone is 2. The van der Waals surface area contributed by atoms with E-state index in [-0.39, 0.29) is 35.6 Å². The van der Waals surface area contributed by atoms with E-state index < -0.39 is 26.6 Å². The Balaban J connectivity index is 0.00000260. The van der Waals surface area contributed by atoms with Gasteiger partial charge in [-0.2, -0.15) is 0 Å². The Morgan fingerprint density at radius 3 is 1.40 bits per heavy atom. The van der Waals surface area contributed by atoms with Crippen molar-refractivity contribution in [2.75, 3.05) is 0 Å². The molecule has 4 heteroatoms.